The zero-order valence-corrected chi connectivity index (χ0v) is 14.0. The molecule has 130 valence electrons. The van der Waals surface area contributed by atoms with Crippen molar-refractivity contribution in [1.29, 1.82) is 0 Å². The van der Waals surface area contributed by atoms with E-state index in [4.69, 9.17) is 4.74 Å². The number of hydrogen-bond donors (Lipinski definition) is 2. The van der Waals surface area contributed by atoms with Crippen molar-refractivity contribution in [3.05, 3.63) is 60.6 Å². The molecule has 0 spiro atoms. The molecule has 0 aliphatic carbocycles. The van der Waals surface area contributed by atoms with Crippen LogP contribution in [0.4, 0.5) is 16.3 Å². The number of pyridine rings is 3. The van der Waals surface area contributed by atoms with Gasteiger partial charge in [-0.3, -0.25) is 15.3 Å². The Morgan fingerprint density at radius 3 is 2.88 bits per heavy atom. The normalized spacial score (nSPS) is 13.9. The van der Waals surface area contributed by atoms with Gasteiger partial charge in [-0.2, -0.15) is 0 Å². The first-order valence-electron chi connectivity index (χ1n) is 8.31. The fourth-order valence-electron chi connectivity index (χ4n) is 2.79. The molecule has 2 N–H and O–H groups in total. The Hall–Kier alpha value is -3.32. The Bertz CT molecular complexity index is 981. The number of fused-ring (bicyclic) bond motifs is 1. The number of carbonyl (C=O) groups is 1. The van der Waals surface area contributed by atoms with Gasteiger partial charge in [-0.05, 0) is 42.3 Å². The van der Waals surface area contributed by atoms with Crippen LogP contribution >= 0.6 is 0 Å². The molecule has 0 saturated heterocycles. The smallest absolute Gasteiger partial charge is 0.324 e. The lowest BCUT2D eigenvalue weighted by Crippen LogP contribution is -2.20. The fourth-order valence-corrected chi connectivity index (χ4v) is 2.79. The average molecular weight is 347 g/mol. The number of carbonyl (C=O) groups excluding carboxylic acids is 1. The van der Waals surface area contributed by atoms with Crippen LogP contribution in [0.5, 0.6) is 0 Å². The number of hydrogen-bond acceptors (Lipinski definition) is 5. The molecule has 7 nitrogen and oxygen atoms in total. The van der Waals surface area contributed by atoms with E-state index in [1.807, 2.05) is 24.3 Å². The SMILES string of the molecule is O=C(Nc1cccc(C2=CCOCC2)n1)Nc1ccnc2cccnc12. The first-order chi connectivity index (χ1) is 12.8. The summed E-state index contributed by atoms with van der Waals surface area (Å²) in [4.78, 5) is 25.4. The zero-order chi connectivity index (χ0) is 17.8. The molecule has 0 bridgehead atoms. The lowest BCUT2D eigenvalue weighted by molar-refractivity contribution is 0.161. The van der Waals surface area contributed by atoms with Crippen molar-refractivity contribution in [3.63, 3.8) is 0 Å². The minimum absolute atomic E-state index is 0.381. The molecular weight excluding hydrogens is 330 g/mol. The van der Waals surface area contributed by atoms with E-state index in [-0.39, 0.29) is 6.03 Å². The van der Waals surface area contributed by atoms with Gasteiger partial charge in [-0.1, -0.05) is 12.1 Å². The summed E-state index contributed by atoms with van der Waals surface area (Å²) < 4.78 is 5.32. The molecule has 3 aromatic rings. The van der Waals surface area contributed by atoms with Gasteiger partial charge in [0.05, 0.1) is 30.1 Å². The molecule has 1 aliphatic heterocycles. The highest BCUT2D eigenvalue weighted by Crippen LogP contribution is 2.21. The van der Waals surface area contributed by atoms with Crippen LogP contribution in [0.3, 0.4) is 0 Å². The van der Waals surface area contributed by atoms with Crippen molar-refractivity contribution in [1.82, 2.24) is 15.0 Å². The first-order valence-corrected chi connectivity index (χ1v) is 8.31. The van der Waals surface area contributed by atoms with Crippen LogP contribution in [-0.2, 0) is 4.74 Å². The molecule has 0 aromatic carbocycles. The van der Waals surface area contributed by atoms with Gasteiger partial charge in [0, 0.05) is 12.4 Å². The van der Waals surface area contributed by atoms with E-state index in [9.17, 15) is 4.79 Å². The lowest BCUT2D eigenvalue weighted by atomic mass is 10.1. The van der Waals surface area contributed by atoms with E-state index >= 15 is 0 Å². The van der Waals surface area contributed by atoms with Gasteiger partial charge < -0.3 is 10.1 Å². The molecule has 1 aliphatic rings. The van der Waals surface area contributed by atoms with Crippen LogP contribution in [0.2, 0.25) is 0 Å². The number of nitrogens with one attached hydrogen (secondary N) is 2. The van der Waals surface area contributed by atoms with Gasteiger partial charge in [-0.25, -0.2) is 9.78 Å². The van der Waals surface area contributed by atoms with E-state index in [0.29, 0.717) is 30.2 Å². The third-order valence-electron chi connectivity index (χ3n) is 4.03. The van der Waals surface area contributed by atoms with Crippen LogP contribution in [-0.4, -0.2) is 34.2 Å². The van der Waals surface area contributed by atoms with Crippen LogP contribution in [0, 0.1) is 0 Å². The Balaban J connectivity index is 1.50. The topological polar surface area (TPSA) is 89.0 Å². The molecule has 4 rings (SSSR count). The number of aromatic nitrogens is 3. The number of urea groups is 1. The van der Waals surface area contributed by atoms with Gasteiger partial charge in [0.15, 0.2) is 0 Å². The molecule has 0 unspecified atom stereocenters. The predicted octanol–water partition coefficient (Wildman–Crippen LogP) is 3.47. The second-order valence-corrected chi connectivity index (χ2v) is 5.77. The Morgan fingerprint density at radius 2 is 2.00 bits per heavy atom. The molecule has 0 saturated carbocycles. The molecule has 4 heterocycles. The van der Waals surface area contributed by atoms with Crippen LogP contribution in [0.15, 0.2) is 54.9 Å². The first kappa shape index (κ1) is 16.2. The van der Waals surface area contributed by atoms with Crippen LogP contribution in [0.25, 0.3) is 16.6 Å². The Morgan fingerprint density at radius 1 is 1.04 bits per heavy atom. The minimum atomic E-state index is -0.381. The monoisotopic (exact) mass is 347 g/mol. The number of anilines is 2. The van der Waals surface area contributed by atoms with Gasteiger partial charge in [0.25, 0.3) is 0 Å². The molecular formula is C19H17N5O2. The second-order valence-electron chi connectivity index (χ2n) is 5.77. The maximum Gasteiger partial charge on any atom is 0.324 e. The van der Waals surface area contributed by atoms with Crippen molar-refractivity contribution in [2.75, 3.05) is 23.8 Å². The quantitative estimate of drug-likeness (QED) is 0.757. The standard InChI is InChI=1S/C19H17N5O2/c25-19(23-16-6-10-20-15-4-2-9-21-18(15)16)24-17-5-1-3-14(22-17)13-7-11-26-12-8-13/h1-7,9-10H,8,11-12H2,(H2,20,22,23,24,25). The highest BCUT2D eigenvalue weighted by Gasteiger charge is 2.11. The zero-order valence-electron chi connectivity index (χ0n) is 14.0. The maximum atomic E-state index is 12.4. The molecule has 2 amide bonds. The number of amides is 2. The van der Waals surface area contributed by atoms with Crippen LogP contribution in [0.1, 0.15) is 12.1 Å². The number of ether oxygens (including phenoxy) is 1. The van der Waals surface area contributed by atoms with E-state index < -0.39 is 0 Å². The highest BCUT2D eigenvalue weighted by atomic mass is 16.5. The maximum absolute atomic E-state index is 12.4. The van der Waals surface area contributed by atoms with Crippen molar-refractivity contribution < 1.29 is 9.53 Å². The third-order valence-corrected chi connectivity index (χ3v) is 4.03. The molecule has 26 heavy (non-hydrogen) atoms. The molecule has 3 aromatic heterocycles. The Labute approximate surface area is 150 Å². The average Bonchev–Trinajstić information content (AvgIpc) is 2.69. The largest absolute Gasteiger partial charge is 0.377 e. The minimum Gasteiger partial charge on any atom is -0.377 e. The highest BCUT2D eigenvalue weighted by molar-refractivity contribution is 6.03. The summed E-state index contributed by atoms with van der Waals surface area (Å²) >= 11 is 0. The van der Waals surface area contributed by atoms with Crippen molar-refractivity contribution >= 4 is 34.1 Å². The molecule has 0 atom stereocenters. The van der Waals surface area contributed by atoms with Gasteiger partial charge in [0.2, 0.25) is 0 Å². The van der Waals surface area contributed by atoms with Crippen molar-refractivity contribution in [2.24, 2.45) is 0 Å². The molecule has 7 heteroatoms. The molecule has 0 radical (unpaired) electrons. The second kappa shape index (κ2) is 7.28. The van der Waals surface area contributed by atoms with E-state index in [0.717, 1.165) is 23.2 Å². The van der Waals surface area contributed by atoms with Gasteiger partial charge >= 0.3 is 6.03 Å². The number of nitrogens with zero attached hydrogens (tertiary/aromatic N) is 3. The van der Waals surface area contributed by atoms with E-state index in [1.54, 1.807) is 30.6 Å². The van der Waals surface area contributed by atoms with Gasteiger partial charge in [0.1, 0.15) is 11.3 Å². The summed E-state index contributed by atoms with van der Waals surface area (Å²) in [7, 11) is 0. The van der Waals surface area contributed by atoms with Crippen molar-refractivity contribution in [3.8, 4) is 0 Å². The number of rotatable bonds is 3. The summed E-state index contributed by atoms with van der Waals surface area (Å²) in [5.41, 5.74) is 3.93. The lowest BCUT2D eigenvalue weighted by Gasteiger charge is -2.14. The predicted molar refractivity (Wildman–Crippen MR) is 99.8 cm³/mol. The third kappa shape index (κ3) is 3.52. The van der Waals surface area contributed by atoms with E-state index in [1.165, 1.54) is 0 Å². The van der Waals surface area contributed by atoms with Gasteiger partial charge in [-0.15, -0.1) is 0 Å². The van der Waals surface area contributed by atoms with Crippen LogP contribution < -0.4 is 10.6 Å². The fraction of sp³-hybridized carbons (Fsp3) is 0.158. The summed E-state index contributed by atoms with van der Waals surface area (Å²) in [6.07, 6.45) is 6.14. The summed E-state index contributed by atoms with van der Waals surface area (Å²) in [6, 6.07) is 10.5. The summed E-state index contributed by atoms with van der Waals surface area (Å²) in [5.74, 6) is 0.485. The molecule has 0 fully saturated rings. The van der Waals surface area contributed by atoms with Crippen molar-refractivity contribution in [2.45, 2.75) is 6.42 Å². The Kier molecular flexibility index (Phi) is 4.53. The van der Waals surface area contributed by atoms with E-state index in [2.05, 4.69) is 25.6 Å². The summed E-state index contributed by atoms with van der Waals surface area (Å²) in [6.45, 7) is 1.28. The summed E-state index contributed by atoms with van der Waals surface area (Å²) in [5, 5.41) is 5.57.